The van der Waals surface area contributed by atoms with E-state index in [0.717, 1.165) is 56.0 Å². The predicted molar refractivity (Wildman–Crippen MR) is 145 cm³/mol. The Morgan fingerprint density at radius 1 is 1.08 bits per heavy atom. The molecule has 0 amide bonds. The Kier molecular flexibility index (Phi) is 6.95. The first-order valence-electron chi connectivity index (χ1n) is 13.6. The van der Waals surface area contributed by atoms with E-state index >= 15 is 0 Å². The highest BCUT2D eigenvalue weighted by molar-refractivity contribution is 5.86. The van der Waals surface area contributed by atoms with Crippen molar-refractivity contribution in [3.05, 3.63) is 70.7 Å². The van der Waals surface area contributed by atoms with Crippen LogP contribution < -0.4 is 9.64 Å². The van der Waals surface area contributed by atoms with Crippen LogP contribution in [0.15, 0.2) is 42.5 Å². The van der Waals surface area contributed by atoms with Gasteiger partial charge in [-0.3, -0.25) is 0 Å². The van der Waals surface area contributed by atoms with E-state index in [0.29, 0.717) is 44.1 Å². The average Bonchev–Trinajstić information content (AvgIpc) is 3.35. The molecular weight excluding hydrogens is 462 g/mol. The molecule has 192 valence electrons. The Balaban J connectivity index is 1.32. The number of hydrogen-bond acceptors (Lipinski definition) is 6. The fraction of sp³-hybridized carbons (Fsp3) is 0.500. The minimum atomic E-state index is -0.0635. The second kappa shape index (κ2) is 10.6. The average molecular weight is 498 g/mol. The number of likely N-dealkylation sites (N-methyl/N-ethyl adjacent to an activating group) is 1. The van der Waals surface area contributed by atoms with Crippen LogP contribution in [0.3, 0.4) is 0 Å². The van der Waals surface area contributed by atoms with E-state index in [4.69, 9.17) is 26.0 Å². The zero-order valence-corrected chi connectivity index (χ0v) is 21.6. The van der Waals surface area contributed by atoms with Crippen LogP contribution in [0, 0.1) is 12.5 Å². The van der Waals surface area contributed by atoms with Crippen LogP contribution in [0.2, 0.25) is 0 Å². The standard InChI is InChI=1S/C30H35N5O2/c1-31-17-21-8-6-15-35(18-21)29-26-20-36-28(25-13-5-10-22-9-3-4-12-24(22)25)16-27(26)32-30(33-29)37-19-23-11-7-14-34(23)2/h3-5,9-10,12-13,21,23,28H,6-8,11,14-20H2,2H3/t21-,23-,28?/m0/s1. The molecule has 0 saturated carbocycles. The molecule has 6 rings (SSSR count). The molecule has 7 nitrogen and oxygen atoms in total. The molecule has 7 heteroatoms. The Morgan fingerprint density at radius 2 is 1.95 bits per heavy atom. The first-order chi connectivity index (χ1) is 18.2. The predicted octanol–water partition coefficient (Wildman–Crippen LogP) is 5.05. The van der Waals surface area contributed by atoms with Crippen molar-refractivity contribution in [2.24, 2.45) is 5.92 Å². The topological polar surface area (TPSA) is 55.1 Å². The first-order valence-corrected chi connectivity index (χ1v) is 13.6. The molecule has 3 atom stereocenters. The van der Waals surface area contributed by atoms with Gasteiger partial charge in [-0.05, 0) is 55.6 Å². The van der Waals surface area contributed by atoms with Gasteiger partial charge in [0.25, 0.3) is 0 Å². The maximum absolute atomic E-state index is 7.35. The van der Waals surface area contributed by atoms with Gasteiger partial charge >= 0.3 is 6.01 Å². The molecule has 2 saturated heterocycles. The zero-order chi connectivity index (χ0) is 25.2. The highest BCUT2D eigenvalue weighted by atomic mass is 16.5. The van der Waals surface area contributed by atoms with Crippen LogP contribution in [-0.2, 0) is 17.8 Å². The highest BCUT2D eigenvalue weighted by Crippen LogP contribution is 2.38. The van der Waals surface area contributed by atoms with Crippen molar-refractivity contribution in [2.75, 3.05) is 44.7 Å². The molecule has 0 spiro atoms. The lowest BCUT2D eigenvalue weighted by molar-refractivity contribution is 0.0265. The summed E-state index contributed by atoms with van der Waals surface area (Å²) >= 11 is 0. The second-order valence-corrected chi connectivity index (χ2v) is 10.7. The van der Waals surface area contributed by atoms with Crippen LogP contribution in [0.25, 0.3) is 15.6 Å². The minimum Gasteiger partial charge on any atom is -0.462 e. The summed E-state index contributed by atoms with van der Waals surface area (Å²) in [5.74, 6) is 1.31. The van der Waals surface area contributed by atoms with Gasteiger partial charge in [0.2, 0.25) is 6.54 Å². The molecule has 1 unspecified atom stereocenters. The fourth-order valence-corrected chi connectivity index (χ4v) is 6.18. The highest BCUT2D eigenvalue weighted by Gasteiger charge is 2.32. The van der Waals surface area contributed by atoms with Gasteiger partial charge in [-0.15, -0.1) is 0 Å². The lowest BCUT2D eigenvalue weighted by Crippen LogP contribution is -2.38. The van der Waals surface area contributed by atoms with E-state index in [2.05, 4.69) is 64.2 Å². The van der Waals surface area contributed by atoms with E-state index in [1.165, 1.54) is 22.8 Å². The quantitative estimate of drug-likeness (QED) is 0.444. The van der Waals surface area contributed by atoms with E-state index in [1.54, 1.807) is 0 Å². The summed E-state index contributed by atoms with van der Waals surface area (Å²) in [5.41, 5.74) is 3.30. The lowest BCUT2D eigenvalue weighted by atomic mass is 9.94. The lowest BCUT2D eigenvalue weighted by Gasteiger charge is -2.35. The number of fused-ring (bicyclic) bond motifs is 2. The number of piperidine rings is 1. The number of aromatic nitrogens is 2. The van der Waals surface area contributed by atoms with Crippen molar-refractivity contribution in [1.82, 2.24) is 14.9 Å². The summed E-state index contributed by atoms with van der Waals surface area (Å²) in [6, 6.07) is 15.8. The molecule has 37 heavy (non-hydrogen) atoms. The van der Waals surface area contributed by atoms with Crippen LogP contribution in [0.1, 0.15) is 48.6 Å². The minimum absolute atomic E-state index is 0.0635. The molecular formula is C30H35N5O2. The normalized spacial score (nSPS) is 24.1. The van der Waals surface area contributed by atoms with Crippen molar-refractivity contribution in [2.45, 2.75) is 50.9 Å². The Bertz CT molecular complexity index is 1300. The van der Waals surface area contributed by atoms with Crippen molar-refractivity contribution >= 4 is 16.6 Å². The third-order valence-corrected chi connectivity index (χ3v) is 8.27. The first kappa shape index (κ1) is 24.1. The summed E-state index contributed by atoms with van der Waals surface area (Å²) in [6.07, 6.45) is 5.16. The van der Waals surface area contributed by atoms with E-state index in [9.17, 15) is 0 Å². The van der Waals surface area contributed by atoms with Crippen LogP contribution in [0.5, 0.6) is 6.01 Å². The number of anilines is 1. The van der Waals surface area contributed by atoms with Crippen molar-refractivity contribution in [3.8, 4) is 6.01 Å². The summed E-state index contributed by atoms with van der Waals surface area (Å²) < 4.78 is 12.8. The van der Waals surface area contributed by atoms with Gasteiger partial charge in [0.1, 0.15) is 12.4 Å². The van der Waals surface area contributed by atoms with Crippen molar-refractivity contribution in [1.29, 1.82) is 0 Å². The van der Waals surface area contributed by atoms with Gasteiger partial charge in [-0.1, -0.05) is 42.5 Å². The number of rotatable bonds is 6. The molecule has 1 aromatic heterocycles. The maximum Gasteiger partial charge on any atom is 0.318 e. The number of nitrogens with zero attached hydrogens (tertiary/aromatic N) is 5. The van der Waals surface area contributed by atoms with Crippen molar-refractivity contribution in [3.63, 3.8) is 0 Å². The van der Waals surface area contributed by atoms with Crippen molar-refractivity contribution < 1.29 is 9.47 Å². The van der Waals surface area contributed by atoms with Gasteiger partial charge in [0.05, 0.1) is 18.4 Å². The molecule has 0 bridgehead atoms. The van der Waals surface area contributed by atoms with Crippen LogP contribution in [0.4, 0.5) is 5.82 Å². The Hall–Kier alpha value is -3.21. The summed E-state index contributed by atoms with van der Waals surface area (Å²) in [4.78, 5) is 18.3. The third kappa shape index (κ3) is 5.01. The molecule has 0 N–H and O–H groups in total. The summed E-state index contributed by atoms with van der Waals surface area (Å²) in [5, 5.41) is 2.45. The van der Waals surface area contributed by atoms with E-state index < -0.39 is 0 Å². The van der Waals surface area contributed by atoms with Gasteiger partial charge in [-0.25, -0.2) is 6.57 Å². The summed E-state index contributed by atoms with van der Waals surface area (Å²) in [6.45, 7) is 11.9. The number of likely N-dealkylation sites (tertiary alicyclic amines) is 1. The molecule has 3 aliphatic heterocycles. The molecule has 3 aliphatic rings. The molecule has 4 heterocycles. The van der Waals surface area contributed by atoms with E-state index in [-0.39, 0.29) is 6.10 Å². The Morgan fingerprint density at radius 3 is 2.81 bits per heavy atom. The number of benzene rings is 2. The van der Waals surface area contributed by atoms with Crippen LogP contribution >= 0.6 is 0 Å². The van der Waals surface area contributed by atoms with Gasteiger partial charge in [-0.2, -0.15) is 9.97 Å². The smallest absolute Gasteiger partial charge is 0.318 e. The van der Waals surface area contributed by atoms with E-state index in [1.807, 2.05) is 0 Å². The second-order valence-electron chi connectivity index (χ2n) is 10.7. The largest absolute Gasteiger partial charge is 0.462 e. The SMILES string of the molecule is [C-]#[N+]C[C@@H]1CCCN(c2nc(OC[C@@H]3CCCN3C)nc3c2COC(c2cccc4ccccc24)C3)C1. The zero-order valence-electron chi connectivity index (χ0n) is 21.6. The Labute approximate surface area is 219 Å². The van der Waals surface area contributed by atoms with Gasteiger partial charge < -0.3 is 24.1 Å². The molecule has 2 aromatic carbocycles. The number of hydrogen-bond donors (Lipinski definition) is 0. The monoisotopic (exact) mass is 497 g/mol. The van der Waals surface area contributed by atoms with Gasteiger partial charge in [0.15, 0.2) is 0 Å². The van der Waals surface area contributed by atoms with Crippen LogP contribution in [-0.4, -0.2) is 60.7 Å². The van der Waals surface area contributed by atoms with Gasteiger partial charge in [0, 0.05) is 37.0 Å². The molecule has 0 radical (unpaired) electrons. The summed E-state index contributed by atoms with van der Waals surface area (Å²) in [7, 11) is 2.16. The molecule has 0 aliphatic carbocycles. The molecule has 3 aromatic rings. The number of ether oxygens (including phenoxy) is 2. The third-order valence-electron chi connectivity index (χ3n) is 8.27. The molecule has 2 fully saturated rings. The fourth-order valence-electron chi connectivity index (χ4n) is 6.18. The maximum atomic E-state index is 7.35.